The molecule has 3 unspecified atom stereocenters. The molecule has 57 heavy (non-hydrogen) atoms. The molecular weight excluding hydrogens is 847 g/mol. The third-order valence-corrected chi connectivity index (χ3v) is 12.7. The highest BCUT2D eigenvalue weighted by molar-refractivity contribution is 8.13. The maximum Gasteiger partial charge on any atom is 0.274 e. The lowest BCUT2D eigenvalue weighted by atomic mass is 9.87. The summed E-state index contributed by atoms with van der Waals surface area (Å²) in [5.74, 6) is -1.49. The second kappa shape index (κ2) is 19.7. The number of rotatable bonds is 20. The Kier molecular flexibility index (Phi) is 16.3. The van der Waals surface area contributed by atoms with E-state index in [2.05, 4.69) is 43.5 Å². The van der Waals surface area contributed by atoms with Gasteiger partial charge in [-0.2, -0.15) is 0 Å². The number of aliphatic hydroxyl groups excluding tert-OH is 3. The van der Waals surface area contributed by atoms with Gasteiger partial charge in [0, 0.05) is 36.6 Å². The Morgan fingerprint density at radius 2 is 1.77 bits per heavy atom. The van der Waals surface area contributed by atoms with Crippen LogP contribution in [-0.2, 0) is 50.7 Å². The van der Waals surface area contributed by atoms with Crippen LogP contribution >= 0.6 is 35.2 Å². The monoisotopic (exact) mass is 889 g/mol. The van der Waals surface area contributed by atoms with Gasteiger partial charge in [0.05, 0.1) is 33.5 Å². The molecule has 3 heterocycles. The Balaban J connectivity index is 1.22. The molecule has 0 radical (unpaired) electrons. The summed E-state index contributed by atoms with van der Waals surface area (Å²) in [6, 6.07) is 0. The number of hydrogen-bond donors (Lipinski definition) is 6. The average Bonchev–Trinajstić information content (AvgIpc) is 3.68. The van der Waals surface area contributed by atoms with Crippen LogP contribution in [0.25, 0.3) is 11.2 Å². The number of ether oxygens (including phenoxy) is 1. The van der Waals surface area contributed by atoms with E-state index in [-0.39, 0.29) is 47.5 Å². The first-order valence-electron chi connectivity index (χ1n) is 17.2. The van der Waals surface area contributed by atoms with Crippen LogP contribution in [0, 0.1) is 11.3 Å². The molecule has 25 nitrogen and oxygen atoms in total. The maximum absolute atomic E-state index is 12.5. The number of carbonyl (C=O) groups is 3. The lowest BCUT2D eigenvalue weighted by molar-refractivity contribution is -0.347. The van der Waals surface area contributed by atoms with E-state index < -0.39 is 90.7 Å². The molecule has 1 saturated carbocycles. The molecule has 4 rings (SSSR count). The summed E-state index contributed by atoms with van der Waals surface area (Å²) < 4.78 is 60.5. The molecule has 0 bridgehead atoms. The van der Waals surface area contributed by atoms with Crippen molar-refractivity contribution in [3.63, 3.8) is 0 Å². The van der Waals surface area contributed by atoms with E-state index >= 15 is 0 Å². The molecule has 7 N–H and O–H groups in total. The second-order valence-electron chi connectivity index (χ2n) is 13.7. The van der Waals surface area contributed by atoms with Crippen molar-refractivity contribution in [2.45, 2.75) is 82.7 Å². The minimum Gasteiger partial charge on any atom is -0.790 e. The summed E-state index contributed by atoms with van der Waals surface area (Å²) in [6.45, 7) is 0.0391. The number of hydrogen-bond acceptors (Lipinski definition) is 23. The number of fused-ring (bicyclic) bond motifs is 1. The van der Waals surface area contributed by atoms with E-state index in [4.69, 9.17) is 10.5 Å². The number of amides is 2. The summed E-state index contributed by atoms with van der Waals surface area (Å²) in [6.07, 6.45) is -5.56. The third kappa shape index (κ3) is 13.8. The van der Waals surface area contributed by atoms with Crippen LogP contribution in [0.2, 0.25) is 0 Å². The minimum absolute atomic E-state index is 0.0239. The SMILES string of the molecule is CC(C)(COP(=O)([O-])OP(=O)([O-])OC[C@H]1O[C@@H](n2cnc3c(N)ncnc32)[C@H](O)[C@@H]1OP(=O)([O-])[O-])[C@@H](O)C(=O)NCCC(=O)NCCSC(=O)C1CCC[C@H](O)C1. The normalized spacial score (nSPS) is 25.7. The first-order chi connectivity index (χ1) is 26.5. The average molecular weight is 890 g/mol. The van der Waals surface area contributed by atoms with E-state index in [0.29, 0.717) is 25.0 Å². The molecule has 2 amide bonds. The quantitative estimate of drug-likeness (QED) is 0.0560. The summed E-state index contributed by atoms with van der Waals surface area (Å²) >= 11 is 1.06. The van der Waals surface area contributed by atoms with Gasteiger partial charge >= 0.3 is 0 Å². The van der Waals surface area contributed by atoms with Crippen LogP contribution in [0.4, 0.5) is 5.82 Å². The van der Waals surface area contributed by atoms with E-state index in [0.717, 1.165) is 35.4 Å². The zero-order valence-corrected chi connectivity index (χ0v) is 33.8. The molecule has 0 aromatic carbocycles. The fourth-order valence-corrected chi connectivity index (χ4v) is 9.35. The van der Waals surface area contributed by atoms with Gasteiger partial charge in [-0.1, -0.05) is 32.0 Å². The summed E-state index contributed by atoms with van der Waals surface area (Å²) in [4.78, 5) is 96.4. The smallest absolute Gasteiger partial charge is 0.274 e. The van der Waals surface area contributed by atoms with Crippen molar-refractivity contribution in [3.8, 4) is 0 Å². The topological polar surface area (TPSA) is 395 Å². The lowest BCUT2D eigenvalue weighted by Gasteiger charge is -2.36. The zero-order chi connectivity index (χ0) is 42.3. The number of nitrogen functional groups attached to an aromatic ring is 1. The summed E-state index contributed by atoms with van der Waals surface area (Å²) in [7, 11) is -17.6. The fraction of sp³-hybridized carbons (Fsp3) is 0.714. The molecule has 0 spiro atoms. The number of aliphatic hydroxyl groups is 3. The molecule has 2 fully saturated rings. The zero-order valence-electron chi connectivity index (χ0n) is 30.3. The van der Waals surface area contributed by atoms with Crippen LogP contribution in [0.5, 0.6) is 0 Å². The minimum atomic E-state index is -5.92. The standard InChI is InChI=1S/C28H46N7O18P3S/c1-28(2,22(39)25(40)31-7-6-18(37)30-8-9-57-27(41)15-4-3-5-16(36)10-15)12-50-56(47,48)53-55(45,46)49-11-17-21(52-54(42,43)44)20(38)26(51-17)35-14-34-19-23(29)32-13-33-24(19)35/h13-17,20-22,26,36,38-39H,3-12H2,1-2H3,(H,30,37)(H,31,40)(H,45,46)(H,47,48)(H2,29,32,33)(H2,42,43,44)/p-4/t15?,16-,17+,20+,21+,22-,26+/m0/s1. The summed E-state index contributed by atoms with van der Waals surface area (Å²) in [5.41, 5.74) is 4.05. The number of phosphoric ester groups is 3. The first kappa shape index (κ1) is 47.2. The van der Waals surface area contributed by atoms with Crippen LogP contribution in [0.1, 0.15) is 52.2 Å². The molecule has 1 saturated heterocycles. The Labute approximate surface area is 328 Å². The molecule has 29 heteroatoms. The van der Waals surface area contributed by atoms with Gasteiger partial charge < -0.3 is 74.1 Å². The number of nitrogens with one attached hydrogen (secondary N) is 2. The van der Waals surface area contributed by atoms with Crippen molar-refractivity contribution in [3.05, 3.63) is 12.7 Å². The maximum atomic E-state index is 12.5. The van der Waals surface area contributed by atoms with Crippen LogP contribution < -0.4 is 35.9 Å². The number of carbonyl (C=O) groups excluding carboxylic acids is 3. The van der Waals surface area contributed by atoms with Crippen molar-refractivity contribution in [1.29, 1.82) is 0 Å². The van der Waals surface area contributed by atoms with Crippen molar-refractivity contribution in [2.75, 3.05) is 37.8 Å². The van der Waals surface area contributed by atoms with E-state index in [1.165, 1.54) is 13.8 Å². The van der Waals surface area contributed by atoms with Crippen molar-refractivity contribution in [2.24, 2.45) is 11.3 Å². The second-order valence-corrected chi connectivity index (χ2v) is 18.8. The van der Waals surface area contributed by atoms with Crippen LogP contribution in [-0.4, -0.2) is 114 Å². The van der Waals surface area contributed by atoms with E-state index in [1.54, 1.807) is 0 Å². The van der Waals surface area contributed by atoms with Gasteiger partial charge in [0.2, 0.25) is 11.8 Å². The van der Waals surface area contributed by atoms with Gasteiger partial charge in [-0.15, -0.1) is 0 Å². The number of nitrogens with zero attached hydrogens (tertiary/aromatic N) is 4. The van der Waals surface area contributed by atoms with Gasteiger partial charge in [0.1, 0.15) is 36.3 Å². The largest absolute Gasteiger partial charge is 0.790 e. The van der Waals surface area contributed by atoms with Gasteiger partial charge in [0.15, 0.2) is 22.8 Å². The Hall–Kier alpha value is -2.48. The molecule has 1 aliphatic carbocycles. The Morgan fingerprint density at radius 3 is 2.46 bits per heavy atom. The molecule has 2 aromatic heterocycles. The number of thioether (sulfide) groups is 1. The fourth-order valence-electron chi connectivity index (χ4n) is 5.75. The van der Waals surface area contributed by atoms with Gasteiger partial charge in [0.25, 0.3) is 15.6 Å². The third-order valence-electron chi connectivity index (χ3n) is 8.70. The molecule has 2 aromatic rings. The predicted molar refractivity (Wildman–Crippen MR) is 186 cm³/mol. The molecule has 1 aliphatic heterocycles. The highest BCUT2D eigenvalue weighted by Crippen LogP contribution is 2.56. The van der Waals surface area contributed by atoms with Gasteiger partial charge in [-0.05, 0) is 19.3 Å². The number of imidazole rings is 1. The molecule has 322 valence electrons. The molecule has 9 atom stereocenters. The Bertz CT molecular complexity index is 1890. The highest BCUT2D eigenvalue weighted by atomic mass is 32.2. The first-order valence-corrected chi connectivity index (χ1v) is 22.5. The summed E-state index contributed by atoms with van der Waals surface area (Å²) in [5, 5.41) is 35.9. The molecule has 2 aliphatic rings. The van der Waals surface area contributed by atoms with E-state index in [1.807, 2.05) is 0 Å². The van der Waals surface area contributed by atoms with Gasteiger partial charge in [-0.3, -0.25) is 28.1 Å². The number of aromatic nitrogens is 4. The lowest BCUT2D eigenvalue weighted by Crippen LogP contribution is -2.46. The number of nitrogens with two attached hydrogens (primary N) is 1. The van der Waals surface area contributed by atoms with Crippen molar-refractivity contribution >= 4 is 69.1 Å². The Morgan fingerprint density at radius 1 is 1.07 bits per heavy atom. The predicted octanol–water partition coefficient (Wildman–Crippen LogP) is -3.31. The van der Waals surface area contributed by atoms with Crippen molar-refractivity contribution in [1.82, 2.24) is 30.2 Å². The number of anilines is 1. The van der Waals surface area contributed by atoms with Gasteiger partial charge in [-0.25, -0.2) is 19.3 Å². The van der Waals surface area contributed by atoms with E-state index in [9.17, 15) is 63.0 Å². The number of phosphoric acid groups is 3. The molecular formula is C28H42N7O18P3S-4. The highest BCUT2D eigenvalue weighted by Gasteiger charge is 2.47. The van der Waals surface area contributed by atoms with Crippen LogP contribution in [0.15, 0.2) is 12.7 Å². The van der Waals surface area contributed by atoms with Crippen LogP contribution in [0.3, 0.4) is 0 Å². The van der Waals surface area contributed by atoms with Crippen molar-refractivity contribution < 1.29 is 85.6 Å².